The lowest BCUT2D eigenvalue weighted by atomic mass is 9.66. The number of likely N-dealkylation sites (tertiary alicyclic amines) is 1. The zero-order valence-corrected chi connectivity index (χ0v) is 21.5. The molecule has 2 aromatic rings. The van der Waals surface area contributed by atoms with Crippen LogP contribution in [-0.2, 0) is 4.79 Å². The number of H-pyrrole nitrogens is 1. The molecule has 2 aromatic heterocycles. The number of halogens is 4. The third kappa shape index (κ3) is 5.08. The summed E-state index contributed by atoms with van der Waals surface area (Å²) in [5.74, 6) is -1.28. The van der Waals surface area contributed by atoms with Crippen LogP contribution in [0.25, 0.3) is 11.3 Å². The molecule has 0 radical (unpaired) electrons. The summed E-state index contributed by atoms with van der Waals surface area (Å²) in [6, 6.07) is 2.47. The van der Waals surface area contributed by atoms with Gasteiger partial charge in [0.05, 0.1) is 19.0 Å². The van der Waals surface area contributed by atoms with Gasteiger partial charge in [-0.2, -0.15) is 18.3 Å². The lowest BCUT2D eigenvalue weighted by Gasteiger charge is -2.54. The molecular weight excluding hydrogens is 522 g/mol. The maximum Gasteiger partial charge on any atom is 0.417 e. The monoisotopic (exact) mass is 553 g/mol. The Kier molecular flexibility index (Phi) is 7.06. The van der Waals surface area contributed by atoms with Gasteiger partial charge in [0.25, 0.3) is 5.91 Å². The van der Waals surface area contributed by atoms with Gasteiger partial charge in [-0.1, -0.05) is 0 Å². The Bertz CT molecular complexity index is 1240. The first-order valence-electron chi connectivity index (χ1n) is 13.1. The van der Waals surface area contributed by atoms with E-state index in [1.807, 2.05) is 0 Å². The number of aromatic amines is 1. The summed E-state index contributed by atoms with van der Waals surface area (Å²) in [6.45, 7) is 0.328. The number of aromatic nitrogens is 3. The first-order chi connectivity index (χ1) is 18.4. The van der Waals surface area contributed by atoms with Crippen molar-refractivity contribution in [1.29, 1.82) is 0 Å². The van der Waals surface area contributed by atoms with Crippen molar-refractivity contribution in [2.24, 2.45) is 5.92 Å². The molecule has 3 aliphatic rings. The highest BCUT2D eigenvalue weighted by molar-refractivity contribution is 5.94. The van der Waals surface area contributed by atoms with Crippen LogP contribution in [-0.4, -0.2) is 74.0 Å². The van der Waals surface area contributed by atoms with E-state index in [0.717, 1.165) is 25.5 Å². The van der Waals surface area contributed by atoms with Gasteiger partial charge in [0.2, 0.25) is 11.8 Å². The van der Waals surface area contributed by atoms with E-state index < -0.39 is 42.0 Å². The molecule has 1 saturated heterocycles. The number of rotatable bonds is 5. The van der Waals surface area contributed by atoms with Crippen molar-refractivity contribution < 1.29 is 37.0 Å². The lowest BCUT2D eigenvalue weighted by Crippen LogP contribution is -2.62. The lowest BCUT2D eigenvalue weighted by molar-refractivity contribution is -0.270. The van der Waals surface area contributed by atoms with Crippen molar-refractivity contribution in [3.63, 3.8) is 0 Å². The number of methoxy groups -OCH3 is 1. The molecule has 1 atom stereocenters. The van der Waals surface area contributed by atoms with E-state index in [2.05, 4.69) is 20.5 Å². The Morgan fingerprint density at radius 3 is 2.51 bits per heavy atom. The number of hydrogen-bond donors (Lipinski definition) is 3. The number of piperidine rings is 1. The van der Waals surface area contributed by atoms with Gasteiger partial charge in [-0.05, 0) is 63.9 Å². The van der Waals surface area contributed by atoms with Crippen LogP contribution in [0.5, 0.6) is 5.88 Å². The molecule has 1 spiro atoms. The summed E-state index contributed by atoms with van der Waals surface area (Å²) in [7, 11) is 1.41. The molecule has 3 fully saturated rings. The standard InChI is InChI=1S/C26H31F4N5O4/c1-39-21-11-17(18(27)14-31-21)19-12-20(34-33-19)23(37)35-10-5-15(13-24(35)6-2-7-24)22(36)32-16-3-8-25(38,9-4-16)26(28,29)30/h11-12,14-16,38H,2-10,13H2,1H3,(H,32,36)(H,33,34)/t15-,16?,25?/m0/s1. The zero-order valence-electron chi connectivity index (χ0n) is 21.5. The summed E-state index contributed by atoms with van der Waals surface area (Å²) in [5, 5.41) is 19.6. The quantitative estimate of drug-likeness (QED) is 0.486. The molecule has 13 heteroatoms. The van der Waals surface area contributed by atoms with Crippen molar-refractivity contribution in [3.05, 3.63) is 29.8 Å². The van der Waals surface area contributed by atoms with E-state index in [9.17, 15) is 32.3 Å². The van der Waals surface area contributed by atoms with Crippen LogP contribution in [0.3, 0.4) is 0 Å². The SMILES string of the molecule is COc1cc(-c2cc(C(=O)N3CC[C@H](C(=O)NC4CCC(O)(C(F)(F)F)CC4)CC34CCC4)n[nH]2)c(F)cn1. The molecule has 2 saturated carbocycles. The van der Waals surface area contributed by atoms with Gasteiger partial charge in [-0.15, -0.1) is 0 Å². The van der Waals surface area contributed by atoms with E-state index in [0.29, 0.717) is 25.1 Å². The number of nitrogens with one attached hydrogen (secondary N) is 2. The predicted octanol–water partition coefficient (Wildman–Crippen LogP) is 3.75. The molecule has 0 aromatic carbocycles. The van der Waals surface area contributed by atoms with E-state index in [4.69, 9.17) is 4.74 Å². The minimum atomic E-state index is -4.69. The van der Waals surface area contributed by atoms with E-state index in [1.54, 1.807) is 4.90 Å². The largest absolute Gasteiger partial charge is 0.481 e. The molecule has 5 rings (SSSR count). The van der Waals surface area contributed by atoms with Gasteiger partial charge in [0, 0.05) is 35.7 Å². The summed E-state index contributed by atoms with van der Waals surface area (Å²) < 4.78 is 58.7. The summed E-state index contributed by atoms with van der Waals surface area (Å²) >= 11 is 0. The maximum absolute atomic E-state index is 14.4. The van der Waals surface area contributed by atoms with Gasteiger partial charge < -0.3 is 20.1 Å². The minimum Gasteiger partial charge on any atom is -0.481 e. The molecule has 0 unspecified atom stereocenters. The van der Waals surface area contributed by atoms with Crippen LogP contribution in [0.2, 0.25) is 0 Å². The predicted molar refractivity (Wildman–Crippen MR) is 130 cm³/mol. The van der Waals surface area contributed by atoms with E-state index in [1.165, 1.54) is 19.2 Å². The topological polar surface area (TPSA) is 120 Å². The van der Waals surface area contributed by atoms with Crippen LogP contribution in [0.15, 0.2) is 18.3 Å². The smallest absolute Gasteiger partial charge is 0.417 e. The molecule has 2 amide bonds. The fourth-order valence-corrected chi connectivity index (χ4v) is 6.08. The average Bonchev–Trinajstić information content (AvgIpc) is 3.38. The molecule has 2 aliphatic carbocycles. The van der Waals surface area contributed by atoms with Crippen LogP contribution < -0.4 is 10.1 Å². The second kappa shape index (κ2) is 10.1. The summed E-state index contributed by atoms with van der Waals surface area (Å²) in [5.41, 5.74) is -2.59. The highest BCUT2D eigenvalue weighted by Crippen LogP contribution is 2.47. The van der Waals surface area contributed by atoms with Gasteiger partial charge >= 0.3 is 6.18 Å². The number of ether oxygens (including phenoxy) is 1. The third-order valence-corrected chi connectivity index (χ3v) is 8.61. The van der Waals surface area contributed by atoms with Gasteiger partial charge in [-0.25, -0.2) is 9.37 Å². The Morgan fingerprint density at radius 1 is 1.18 bits per heavy atom. The van der Waals surface area contributed by atoms with Gasteiger partial charge in [-0.3, -0.25) is 14.7 Å². The number of amides is 2. The van der Waals surface area contributed by atoms with Gasteiger partial charge in [0.15, 0.2) is 17.1 Å². The van der Waals surface area contributed by atoms with Crippen LogP contribution in [0.1, 0.15) is 68.3 Å². The molecule has 39 heavy (non-hydrogen) atoms. The molecule has 212 valence electrons. The normalized spacial score (nSPS) is 26.7. The number of alkyl halides is 3. The number of carbonyl (C=O) groups excluding carboxylic acids is 2. The first-order valence-corrected chi connectivity index (χ1v) is 13.1. The number of nitrogens with zero attached hydrogens (tertiary/aromatic N) is 3. The fraction of sp³-hybridized carbons (Fsp3) is 0.615. The number of hydrogen-bond acceptors (Lipinski definition) is 6. The molecule has 0 bridgehead atoms. The zero-order chi connectivity index (χ0) is 28.0. The average molecular weight is 554 g/mol. The molecule has 3 N–H and O–H groups in total. The Hall–Kier alpha value is -3.22. The van der Waals surface area contributed by atoms with Crippen LogP contribution in [0.4, 0.5) is 17.6 Å². The van der Waals surface area contributed by atoms with Crippen molar-refractivity contribution in [3.8, 4) is 17.1 Å². The van der Waals surface area contributed by atoms with Crippen LogP contribution >= 0.6 is 0 Å². The second-order valence-electron chi connectivity index (χ2n) is 10.9. The van der Waals surface area contributed by atoms with Crippen molar-refractivity contribution in [1.82, 2.24) is 25.4 Å². The number of aliphatic hydroxyl groups is 1. The Balaban J connectivity index is 1.23. The van der Waals surface area contributed by atoms with Crippen molar-refractivity contribution in [2.45, 2.75) is 81.1 Å². The Labute approximate surface area is 222 Å². The third-order valence-electron chi connectivity index (χ3n) is 8.61. The van der Waals surface area contributed by atoms with Crippen molar-refractivity contribution >= 4 is 11.8 Å². The summed E-state index contributed by atoms with van der Waals surface area (Å²) in [4.78, 5) is 32.1. The molecule has 3 heterocycles. The molecule has 9 nitrogen and oxygen atoms in total. The Morgan fingerprint density at radius 2 is 1.90 bits per heavy atom. The fourth-order valence-electron chi connectivity index (χ4n) is 6.08. The number of pyridine rings is 1. The molecular formula is C26H31F4N5O4. The van der Waals surface area contributed by atoms with E-state index in [-0.39, 0.29) is 47.7 Å². The highest BCUT2D eigenvalue weighted by Gasteiger charge is 2.55. The van der Waals surface area contributed by atoms with Crippen molar-refractivity contribution in [2.75, 3.05) is 13.7 Å². The minimum absolute atomic E-state index is 0.0513. The number of carbonyl (C=O) groups is 2. The summed E-state index contributed by atoms with van der Waals surface area (Å²) in [6.07, 6.45) is -1.21. The van der Waals surface area contributed by atoms with E-state index >= 15 is 0 Å². The maximum atomic E-state index is 14.4. The highest BCUT2D eigenvalue weighted by atomic mass is 19.4. The second-order valence-corrected chi connectivity index (χ2v) is 10.9. The van der Waals surface area contributed by atoms with Gasteiger partial charge in [0.1, 0.15) is 0 Å². The van der Waals surface area contributed by atoms with Crippen LogP contribution in [0, 0.1) is 11.7 Å². The molecule has 1 aliphatic heterocycles. The first kappa shape index (κ1) is 27.4.